The van der Waals surface area contributed by atoms with Crippen LogP contribution in [0, 0.1) is 0 Å². The summed E-state index contributed by atoms with van der Waals surface area (Å²) in [6, 6.07) is 18.8. The van der Waals surface area contributed by atoms with Crippen LogP contribution in [-0.4, -0.2) is 42.3 Å². The average molecular weight is 442 g/mol. The van der Waals surface area contributed by atoms with Crippen LogP contribution < -0.4 is 0 Å². The monoisotopic (exact) mass is 441 g/mol. The molecular formula is C24H19N5O2S. The van der Waals surface area contributed by atoms with Crippen molar-refractivity contribution in [3.63, 3.8) is 0 Å². The summed E-state index contributed by atoms with van der Waals surface area (Å²) in [5.74, 6) is 0.242. The van der Waals surface area contributed by atoms with E-state index in [4.69, 9.17) is 0 Å². The number of hydrogen-bond acceptors (Lipinski definition) is 6. The zero-order valence-electron chi connectivity index (χ0n) is 17.3. The number of carbonyl (C=O) groups excluding carboxylic acids is 2. The fourth-order valence-corrected chi connectivity index (χ4v) is 4.54. The SMILES string of the molecule is CCc1ccc(-n2c(SCN3C(=O)c4ccccc4C3=O)nnc2-c2ccncc2)cc1. The molecule has 2 aromatic heterocycles. The van der Waals surface area contributed by atoms with Crippen LogP contribution in [0.4, 0.5) is 0 Å². The van der Waals surface area contributed by atoms with E-state index < -0.39 is 0 Å². The van der Waals surface area contributed by atoms with Crippen LogP contribution in [0.3, 0.4) is 0 Å². The van der Waals surface area contributed by atoms with E-state index in [0.29, 0.717) is 22.1 Å². The summed E-state index contributed by atoms with van der Waals surface area (Å²) in [5.41, 5.74) is 3.88. The van der Waals surface area contributed by atoms with Gasteiger partial charge in [-0.05, 0) is 48.4 Å². The molecule has 2 aromatic carbocycles. The van der Waals surface area contributed by atoms with Gasteiger partial charge in [-0.1, -0.05) is 43.0 Å². The first-order valence-corrected chi connectivity index (χ1v) is 11.2. The number of amides is 2. The summed E-state index contributed by atoms with van der Waals surface area (Å²) >= 11 is 1.30. The molecule has 0 bridgehead atoms. The lowest BCUT2D eigenvalue weighted by molar-refractivity contribution is 0.0684. The van der Waals surface area contributed by atoms with E-state index in [2.05, 4.69) is 34.2 Å². The van der Waals surface area contributed by atoms with Crippen molar-refractivity contribution in [2.24, 2.45) is 0 Å². The van der Waals surface area contributed by atoms with Gasteiger partial charge in [-0.15, -0.1) is 10.2 Å². The Hall–Kier alpha value is -3.78. The lowest BCUT2D eigenvalue weighted by Gasteiger charge is -2.14. The smallest absolute Gasteiger partial charge is 0.262 e. The van der Waals surface area contributed by atoms with Crippen molar-refractivity contribution < 1.29 is 9.59 Å². The molecule has 0 N–H and O–H groups in total. The third-order valence-corrected chi connectivity index (χ3v) is 6.29. The zero-order chi connectivity index (χ0) is 22.1. The Morgan fingerprint density at radius 2 is 1.50 bits per heavy atom. The number of carbonyl (C=O) groups is 2. The molecule has 0 atom stereocenters. The van der Waals surface area contributed by atoms with Crippen molar-refractivity contribution in [1.29, 1.82) is 0 Å². The average Bonchev–Trinajstić information content (AvgIpc) is 3.38. The van der Waals surface area contributed by atoms with E-state index >= 15 is 0 Å². The van der Waals surface area contributed by atoms with Gasteiger partial charge in [-0.2, -0.15) is 0 Å². The molecular weight excluding hydrogens is 422 g/mol. The summed E-state index contributed by atoms with van der Waals surface area (Å²) in [7, 11) is 0. The van der Waals surface area contributed by atoms with Crippen molar-refractivity contribution in [2.45, 2.75) is 18.5 Å². The number of aromatic nitrogens is 4. The Morgan fingerprint density at radius 1 is 0.844 bits per heavy atom. The maximum absolute atomic E-state index is 12.7. The second kappa shape index (κ2) is 8.39. The van der Waals surface area contributed by atoms with Gasteiger partial charge in [-0.25, -0.2) is 0 Å². The van der Waals surface area contributed by atoms with E-state index in [9.17, 15) is 9.59 Å². The maximum Gasteiger partial charge on any atom is 0.262 e. The standard InChI is InChI=1S/C24H19N5O2S/c1-2-16-7-9-18(10-8-16)29-21(17-11-13-25-14-12-17)26-27-24(29)32-15-28-22(30)19-5-3-4-6-20(19)23(28)31/h3-14H,2,15H2,1H3. The number of pyridine rings is 1. The fraction of sp³-hybridized carbons (Fsp3) is 0.125. The van der Waals surface area contributed by atoms with E-state index in [1.807, 2.05) is 28.8 Å². The molecule has 4 aromatic rings. The highest BCUT2D eigenvalue weighted by molar-refractivity contribution is 7.99. The second-order valence-electron chi connectivity index (χ2n) is 7.25. The molecule has 0 spiro atoms. The molecule has 1 aliphatic rings. The molecule has 7 nitrogen and oxygen atoms in total. The predicted molar refractivity (Wildman–Crippen MR) is 122 cm³/mol. The first-order chi connectivity index (χ1) is 15.7. The van der Waals surface area contributed by atoms with Gasteiger partial charge < -0.3 is 0 Å². The zero-order valence-corrected chi connectivity index (χ0v) is 18.1. The van der Waals surface area contributed by atoms with E-state index in [1.54, 1.807) is 36.7 Å². The lowest BCUT2D eigenvalue weighted by atomic mass is 10.1. The molecule has 0 aliphatic carbocycles. The van der Waals surface area contributed by atoms with Crippen molar-refractivity contribution in [1.82, 2.24) is 24.6 Å². The van der Waals surface area contributed by atoms with Gasteiger partial charge >= 0.3 is 0 Å². The first-order valence-electron chi connectivity index (χ1n) is 10.2. The minimum Gasteiger partial charge on any atom is -0.270 e. The molecule has 32 heavy (non-hydrogen) atoms. The number of benzene rings is 2. The maximum atomic E-state index is 12.7. The molecule has 0 fully saturated rings. The molecule has 0 saturated heterocycles. The number of rotatable bonds is 6. The highest BCUT2D eigenvalue weighted by atomic mass is 32.2. The van der Waals surface area contributed by atoms with Crippen molar-refractivity contribution in [3.05, 3.63) is 89.7 Å². The topological polar surface area (TPSA) is 81.0 Å². The number of aryl methyl sites for hydroxylation is 1. The van der Waals surface area contributed by atoms with Gasteiger partial charge in [0.2, 0.25) is 0 Å². The number of hydrogen-bond donors (Lipinski definition) is 0. The van der Waals surface area contributed by atoms with Crippen LogP contribution >= 0.6 is 11.8 Å². The highest BCUT2D eigenvalue weighted by Gasteiger charge is 2.35. The Balaban J connectivity index is 1.48. The van der Waals surface area contributed by atoms with E-state index in [-0.39, 0.29) is 17.7 Å². The Labute approximate surface area is 189 Å². The lowest BCUT2D eigenvalue weighted by Crippen LogP contribution is -2.29. The number of imide groups is 1. The Morgan fingerprint density at radius 3 is 2.12 bits per heavy atom. The van der Waals surface area contributed by atoms with Crippen LogP contribution in [0.1, 0.15) is 33.2 Å². The minimum absolute atomic E-state index is 0.147. The summed E-state index contributed by atoms with van der Waals surface area (Å²) in [4.78, 5) is 30.8. The quantitative estimate of drug-likeness (QED) is 0.329. The van der Waals surface area contributed by atoms with Crippen LogP contribution in [0.5, 0.6) is 0 Å². The van der Waals surface area contributed by atoms with Crippen LogP contribution in [0.15, 0.2) is 78.2 Å². The molecule has 3 heterocycles. The normalized spacial score (nSPS) is 13.0. The molecule has 1 aliphatic heterocycles. The largest absolute Gasteiger partial charge is 0.270 e. The van der Waals surface area contributed by atoms with Gasteiger partial charge in [0, 0.05) is 23.6 Å². The minimum atomic E-state index is -0.286. The van der Waals surface area contributed by atoms with Gasteiger partial charge in [0.25, 0.3) is 11.8 Å². The van der Waals surface area contributed by atoms with Crippen molar-refractivity contribution >= 4 is 23.6 Å². The van der Waals surface area contributed by atoms with Crippen LogP contribution in [0.25, 0.3) is 17.1 Å². The summed E-state index contributed by atoms with van der Waals surface area (Å²) in [6.45, 7) is 2.11. The molecule has 0 unspecified atom stereocenters. The van der Waals surface area contributed by atoms with E-state index in [0.717, 1.165) is 17.7 Å². The summed E-state index contributed by atoms with van der Waals surface area (Å²) < 4.78 is 1.94. The van der Waals surface area contributed by atoms with Gasteiger partial charge in [0.15, 0.2) is 11.0 Å². The molecule has 158 valence electrons. The molecule has 8 heteroatoms. The number of nitrogens with zero attached hydrogens (tertiary/aromatic N) is 5. The summed E-state index contributed by atoms with van der Waals surface area (Å²) in [5, 5.41) is 9.38. The van der Waals surface area contributed by atoms with E-state index in [1.165, 1.54) is 22.2 Å². The third-order valence-electron chi connectivity index (χ3n) is 5.38. The number of fused-ring (bicyclic) bond motifs is 1. The Bertz CT molecular complexity index is 1270. The predicted octanol–water partition coefficient (Wildman–Crippen LogP) is 4.24. The fourth-order valence-electron chi connectivity index (χ4n) is 3.64. The Kier molecular flexibility index (Phi) is 5.28. The molecule has 2 amide bonds. The number of thioether (sulfide) groups is 1. The molecule has 0 radical (unpaired) electrons. The third kappa shape index (κ3) is 3.48. The first kappa shape index (κ1) is 20.1. The highest BCUT2D eigenvalue weighted by Crippen LogP contribution is 2.30. The van der Waals surface area contributed by atoms with Crippen LogP contribution in [-0.2, 0) is 6.42 Å². The van der Waals surface area contributed by atoms with Gasteiger partial charge in [0.1, 0.15) is 0 Å². The second-order valence-corrected chi connectivity index (χ2v) is 8.17. The van der Waals surface area contributed by atoms with Crippen molar-refractivity contribution in [3.8, 4) is 17.1 Å². The van der Waals surface area contributed by atoms with Crippen molar-refractivity contribution in [2.75, 3.05) is 5.88 Å². The van der Waals surface area contributed by atoms with Gasteiger partial charge in [0.05, 0.1) is 17.0 Å². The van der Waals surface area contributed by atoms with Gasteiger partial charge in [-0.3, -0.25) is 24.0 Å². The molecule has 5 rings (SSSR count). The molecule has 0 saturated carbocycles. The summed E-state index contributed by atoms with van der Waals surface area (Å²) in [6.07, 6.45) is 4.36. The van der Waals surface area contributed by atoms with Crippen LogP contribution in [0.2, 0.25) is 0 Å².